The maximum atomic E-state index is 14.0. The van der Waals surface area contributed by atoms with Crippen molar-refractivity contribution in [3.8, 4) is 5.75 Å². The first kappa shape index (κ1) is 24.2. The van der Waals surface area contributed by atoms with Crippen LogP contribution < -0.4 is 10.7 Å². The SMILES string of the molecule is CC12C=C(Cl)C=CC1CCN1C[C@H]2n2cc(C(=O)NCc3c(F)cc(F)cc3F)c(=O)c(O)c2C1=O. The van der Waals surface area contributed by atoms with E-state index in [0.29, 0.717) is 30.1 Å². The van der Waals surface area contributed by atoms with Crippen LogP contribution in [0.25, 0.3) is 0 Å². The lowest BCUT2D eigenvalue weighted by molar-refractivity contribution is 0.0630. The largest absolute Gasteiger partial charge is 0.503 e. The molecule has 188 valence electrons. The average Bonchev–Trinajstić information content (AvgIpc) is 2.93. The number of aromatic hydroxyl groups is 1. The van der Waals surface area contributed by atoms with Crippen molar-refractivity contribution in [2.75, 3.05) is 13.1 Å². The number of carbonyl (C=O) groups excluding carboxylic acids is 2. The Hall–Kier alpha value is -3.53. The molecule has 2 aromatic rings. The summed E-state index contributed by atoms with van der Waals surface area (Å²) in [6.45, 7) is 1.98. The predicted molar refractivity (Wildman–Crippen MR) is 124 cm³/mol. The molecule has 1 fully saturated rings. The molecule has 11 heteroatoms. The third kappa shape index (κ3) is 3.71. The first-order chi connectivity index (χ1) is 17.0. The third-order valence-corrected chi connectivity index (χ3v) is 7.60. The fraction of sp³-hybridized carbons (Fsp3) is 0.320. The quantitative estimate of drug-likeness (QED) is 0.648. The number of allylic oxidation sites excluding steroid dienone is 4. The molecule has 2 unspecified atom stereocenters. The normalized spacial score (nSPS) is 24.5. The van der Waals surface area contributed by atoms with Gasteiger partial charge in [0.25, 0.3) is 11.8 Å². The highest BCUT2D eigenvalue weighted by Gasteiger charge is 2.49. The Bertz CT molecular complexity index is 1410. The Kier molecular flexibility index (Phi) is 5.74. The first-order valence-electron chi connectivity index (χ1n) is 11.3. The van der Waals surface area contributed by atoms with Crippen LogP contribution in [0, 0.1) is 28.8 Å². The van der Waals surface area contributed by atoms with Gasteiger partial charge in [-0.15, -0.1) is 0 Å². The molecule has 36 heavy (non-hydrogen) atoms. The standard InChI is InChI=1S/C25H21ClF3N3O4/c1-25-8-13(26)3-2-12(25)4-5-31-11-19(25)32-10-16(21(33)22(34)20(32)24(31)36)23(35)30-9-15-17(28)6-14(27)7-18(15)29/h2-3,6-8,10,12,19,34H,4-5,9,11H2,1H3,(H,30,35)/t12?,19-,25?/m1/s1. The topological polar surface area (TPSA) is 91.6 Å². The zero-order chi connectivity index (χ0) is 25.9. The number of rotatable bonds is 3. The number of pyridine rings is 1. The van der Waals surface area contributed by atoms with E-state index in [1.807, 2.05) is 19.1 Å². The number of aromatic nitrogens is 1. The lowest BCUT2D eigenvalue weighted by atomic mass is 9.68. The Morgan fingerprint density at radius 1 is 1.25 bits per heavy atom. The maximum Gasteiger partial charge on any atom is 0.274 e. The van der Waals surface area contributed by atoms with Gasteiger partial charge in [-0.25, -0.2) is 13.2 Å². The van der Waals surface area contributed by atoms with Crippen molar-refractivity contribution in [3.63, 3.8) is 0 Å². The van der Waals surface area contributed by atoms with Crippen LogP contribution in [0.2, 0.25) is 0 Å². The number of hydrogen-bond donors (Lipinski definition) is 2. The number of amides is 2. The van der Waals surface area contributed by atoms with Gasteiger partial charge in [0.15, 0.2) is 11.4 Å². The summed E-state index contributed by atoms with van der Waals surface area (Å²) in [6, 6.07) is 0.477. The van der Waals surface area contributed by atoms with Crippen LogP contribution in [0.5, 0.6) is 5.75 Å². The van der Waals surface area contributed by atoms with E-state index in [0.717, 1.165) is 0 Å². The van der Waals surface area contributed by atoms with E-state index in [1.165, 1.54) is 10.8 Å². The molecule has 5 rings (SSSR count). The Labute approximate surface area is 208 Å². The Balaban J connectivity index is 1.56. The zero-order valence-electron chi connectivity index (χ0n) is 19.0. The fourth-order valence-corrected chi connectivity index (χ4v) is 5.68. The van der Waals surface area contributed by atoms with Crippen molar-refractivity contribution in [1.29, 1.82) is 0 Å². The molecule has 7 nitrogen and oxygen atoms in total. The van der Waals surface area contributed by atoms with Crippen LogP contribution in [0.15, 0.2) is 46.4 Å². The molecule has 1 saturated heterocycles. The fourth-order valence-electron chi connectivity index (χ4n) is 5.38. The number of benzene rings is 1. The lowest BCUT2D eigenvalue weighted by Crippen LogP contribution is -2.48. The summed E-state index contributed by atoms with van der Waals surface area (Å²) in [5.41, 5.74) is -3.03. The minimum Gasteiger partial charge on any atom is -0.503 e. The summed E-state index contributed by atoms with van der Waals surface area (Å²) in [4.78, 5) is 40.5. The van der Waals surface area contributed by atoms with Gasteiger partial charge in [0.1, 0.15) is 23.0 Å². The van der Waals surface area contributed by atoms with E-state index in [-0.39, 0.29) is 18.2 Å². The van der Waals surface area contributed by atoms with E-state index >= 15 is 0 Å². The maximum absolute atomic E-state index is 14.0. The van der Waals surface area contributed by atoms with E-state index in [2.05, 4.69) is 5.32 Å². The van der Waals surface area contributed by atoms with Gasteiger partial charge in [0.05, 0.1) is 6.04 Å². The molecular formula is C25H21ClF3N3O4. The second-order valence-corrected chi connectivity index (χ2v) is 9.86. The summed E-state index contributed by atoms with van der Waals surface area (Å²) in [5.74, 6) is -5.95. The molecular weight excluding hydrogens is 499 g/mol. The molecule has 3 atom stereocenters. The van der Waals surface area contributed by atoms with Gasteiger partial charge in [-0.1, -0.05) is 30.7 Å². The second kappa shape index (κ2) is 8.55. The molecule has 2 bridgehead atoms. The molecule has 2 aliphatic heterocycles. The van der Waals surface area contributed by atoms with E-state index in [1.54, 1.807) is 11.0 Å². The smallest absolute Gasteiger partial charge is 0.274 e. The van der Waals surface area contributed by atoms with Gasteiger partial charge in [-0.3, -0.25) is 14.4 Å². The van der Waals surface area contributed by atoms with E-state index in [4.69, 9.17) is 11.6 Å². The highest BCUT2D eigenvalue weighted by atomic mass is 35.5. The number of halogens is 4. The molecule has 0 saturated carbocycles. The van der Waals surface area contributed by atoms with Crippen molar-refractivity contribution in [1.82, 2.24) is 14.8 Å². The summed E-state index contributed by atoms with van der Waals surface area (Å²) >= 11 is 6.32. The van der Waals surface area contributed by atoms with Gasteiger partial charge in [0.2, 0.25) is 5.43 Å². The molecule has 3 aliphatic rings. The van der Waals surface area contributed by atoms with Crippen molar-refractivity contribution in [2.45, 2.75) is 25.9 Å². The summed E-state index contributed by atoms with van der Waals surface area (Å²) in [7, 11) is 0. The number of hydrogen-bond acceptors (Lipinski definition) is 4. The molecule has 1 aromatic carbocycles. The predicted octanol–water partition coefficient (Wildman–Crippen LogP) is 3.62. The van der Waals surface area contributed by atoms with Gasteiger partial charge in [0, 0.05) is 54.0 Å². The van der Waals surface area contributed by atoms with Gasteiger partial charge in [-0.05, 0) is 18.4 Å². The molecule has 2 amide bonds. The van der Waals surface area contributed by atoms with Crippen LogP contribution in [0.3, 0.4) is 0 Å². The van der Waals surface area contributed by atoms with Crippen molar-refractivity contribution in [2.24, 2.45) is 11.3 Å². The number of carbonyl (C=O) groups is 2. The Morgan fingerprint density at radius 3 is 2.64 bits per heavy atom. The zero-order valence-corrected chi connectivity index (χ0v) is 19.8. The highest BCUT2D eigenvalue weighted by Crippen LogP contribution is 2.50. The highest BCUT2D eigenvalue weighted by molar-refractivity contribution is 6.31. The lowest BCUT2D eigenvalue weighted by Gasteiger charge is -2.44. The molecule has 3 heterocycles. The first-order valence-corrected chi connectivity index (χ1v) is 11.6. The number of nitrogens with one attached hydrogen (secondary N) is 1. The Morgan fingerprint density at radius 2 is 1.94 bits per heavy atom. The van der Waals surface area contributed by atoms with E-state index < -0.39 is 69.6 Å². The number of nitrogens with zero attached hydrogens (tertiary/aromatic N) is 2. The third-order valence-electron chi connectivity index (χ3n) is 7.37. The van der Waals surface area contributed by atoms with Crippen molar-refractivity contribution in [3.05, 3.63) is 86.1 Å². The van der Waals surface area contributed by atoms with Crippen LogP contribution >= 0.6 is 11.6 Å². The van der Waals surface area contributed by atoms with Crippen LogP contribution in [-0.4, -0.2) is 39.5 Å². The summed E-state index contributed by atoms with van der Waals surface area (Å²) in [5, 5.41) is 13.5. The molecule has 1 aromatic heterocycles. The van der Waals surface area contributed by atoms with Crippen molar-refractivity contribution >= 4 is 23.4 Å². The minimum absolute atomic E-state index is 0.00276. The van der Waals surface area contributed by atoms with Gasteiger partial charge in [-0.2, -0.15) is 0 Å². The molecule has 0 spiro atoms. The summed E-state index contributed by atoms with van der Waals surface area (Å²) in [6.07, 6.45) is 7.46. The van der Waals surface area contributed by atoms with Gasteiger partial charge < -0.3 is 19.9 Å². The molecule has 0 radical (unpaired) electrons. The molecule has 1 aliphatic carbocycles. The van der Waals surface area contributed by atoms with Crippen LogP contribution in [-0.2, 0) is 6.54 Å². The summed E-state index contributed by atoms with van der Waals surface area (Å²) < 4.78 is 42.6. The average molecular weight is 520 g/mol. The van der Waals surface area contributed by atoms with E-state index in [9.17, 15) is 32.7 Å². The molecule has 2 N–H and O–H groups in total. The van der Waals surface area contributed by atoms with Crippen molar-refractivity contribution < 1.29 is 27.9 Å². The van der Waals surface area contributed by atoms with Crippen LogP contribution in [0.1, 0.15) is 45.8 Å². The second-order valence-electron chi connectivity index (χ2n) is 9.42. The monoisotopic (exact) mass is 519 g/mol. The number of fused-ring (bicyclic) bond motifs is 6. The van der Waals surface area contributed by atoms with Gasteiger partial charge >= 0.3 is 0 Å². The minimum atomic E-state index is -1.20. The van der Waals surface area contributed by atoms with Crippen LogP contribution in [0.4, 0.5) is 13.2 Å².